The van der Waals surface area contributed by atoms with Crippen LogP contribution in [0.4, 0.5) is 0 Å². The molecule has 0 amide bonds. The maximum atomic E-state index is 12.8. The SMILES string of the molecule is CC/C=C\C/C=C\C/C=C\C/C=C\C/C=C\CCC(=O)OC(COC(=O)CCCC/C=C\C/C=C\C/C=C\CC)COC(=O)CCCCCCCCC/C=C\CCCCCCCCCC. The summed E-state index contributed by atoms with van der Waals surface area (Å²) in [7, 11) is 0. The minimum absolute atomic E-state index is 0.124. The second-order valence-electron chi connectivity index (χ2n) is 17.0. The van der Waals surface area contributed by atoms with E-state index in [2.05, 4.69) is 118 Å². The van der Waals surface area contributed by atoms with E-state index in [1.165, 1.54) is 89.9 Å². The first-order valence-corrected chi connectivity index (χ1v) is 26.4. The Kier molecular flexibility index (Phi) is 49.5. The highest BCUT2D eigenvalue weighted by Gasteiger charge is 2.19. The van der Waals surface area contributed by atoms with Gasteiger partial charge in [-0.25, -0.2) is 0 Å². The van der Waals surface area contributed by atoms with Crippen molar-refractivity contribution in [1.29, 1.82) is 0 Å². The highest BCUT2D eigenvalue weighted by atomic mass is 16.6. The zero-order chi connectivity index (χ0) is 47.2. The first kappa shape index (κ1) is 61.1. The number of allylic oxidation sites excluding steroid dienone is 18. The van der Waals surface area contributed by atoms with Gasteiger partial charge in [-0.1, -0.05) is 207 Å². The molecule has 6 nitrogen and oxygen atoms in total. The Morgan fingerprint density at radius 3 is 1.05 bits per heavy atom. The fraction of sp³-hybridized carbons (Fsp3) is 0.644. The maximum absolute atomic E-state index is 12.8. The van der Waals surface area contributed by atoms with Crippen molar-refractivity contribution >= 4 is 17.9 Å². The fourth-order valence-corrected chi connectivity index (χ4v) is 6.85. The third-order valence-electron chi connectivity index (χ3n) is 10.8. The molecule has 0 aliphatic rings. The van der Waals surface area contributed by atoms with Crippen LogP contribution in [0.3, 0.4) is 0 Å². The van der Waals surface area contributed by atoms with E-state index in [9.17, 15) is 14.4 Å². The van der Waals surface area contributed by atoms with Gasteiger partial charge in [0.1, 0.15) is 13.2 Å². The molecular formula is C59H96O6. The zero-order valence-corrected chi connectivity index (χ0v) is 42.0. The zero-order valence-electron chi connectivity index (χ0n) is 42.0. The van der Waals surface area contributed by atoms with E-state index in [4.69, 9.17) is 14.2 Å². The van der Waals surface area contributed by atoms with Crippen molar-refractivity contribution in [1.82, 2.24) is 0 Å². The van der Waals surface area contributed by atoms with E-state index in [0.717, 1.165) is 83.5 Å². The lowest BCUT2D eigenvalue weighted by Crippen LogP contribution is -2.30. The first-order valence-electron chi connectivity index (χ1n) is 26.4. The molecule has 0 heterocycles. The summed E-state index contributed by atoms with van der Waals surface area (Å²) in [6.45, 7) is 6.30. The van der Waals surface area contributed by atoms with Crippen LogP contribution in [0.1, 0.15) is 226 Å². The molecule has 1 unspecified atom stereocenters. The quantitative estimate of drug-likeness (QED) is 0.0262. The van der Waals surface area contributed by atoms with Gasteiger partial charge in [-0.15, -0.1) is 0 Å². The van der Waals surface area contributed by atoms with Gasteiger partial charge in [0.15, 0.2) is 6.10 Å². The molecule has 0 aliphatic heterocycles. The summed E-state index contributed by atoms with van der Waals surface area (Å²) in [5, 5.41) is 0. The lowest BCUT2D eigenvalue weighted by Gasteiger charge is -2.18. The van der Waals surface area contributed by atoms with E-state index in [0.29, 0.717) is 25.7 Å². The highest BCUT2D eigenvalue weighted by Crippen LogP contribution is 2.13. The van der Waals surface area contributed by atoms with Crippen LogP contribution in [0.2, 0.25) is 0 Å². The van der Waals surface area contributed by atoms with Crippen LogP contribution in [0.5, 0.6) is 0 Å². The molecular weight excluding hydrogens is 805 g/mol. The Morgan fingerprint density at radius 1 is 0.323 bits per heavy atom. The average Bonchev–Trinajstić information content (AvgIpc) is 3.30. The van der Waals surface area contributed by atoms with Crippen molar-refractivity contribution < 1.29 is 28.6 Å². The second-order valence-corrected chi connectivity index (χ2v) is 17.0. The molecule has 0 aromatic heterocycles. The summed E-state index contributed by atoms with van der Waals surface area (Å²) in [5.41, 5.74) is 0. The Hall–Kier alpha value is -3.93. The van der Waals surface area contributed by atoms with E-state index in [-0.39, 0.29) is 31.6 Å². The highest BCUT2D eigenvalue weighted by molar-refractivity contribution is 5.71. The molecule has 0 aromatic carbocycles. The minimum atomic E-state index is -0.836. The number of carbonyl (C=O) groups is 3. The fourth-order valence-electron chi connectivity index (χ4n) is 6.85. The van der Waals surface area contributed by atoms with Crippen LogP contribution in [0, 0.1) is 0 Å². The monoisotopic (exact) mass is 901 g/mol. The molecule has 0 radical (unpaired) electrons. The van der Waals surface area contributed by atoms with Gasteiger partial charge in [-0.3, -0.25) is 14.4 Å². The topological polar surface area (TPSA) is 78.9 Å². The minimum Gasteiger partial charge on any atom is -0.462 e. The number of carbonyl (C=O) groups excluding carboxylic acids is 3. The van der Waals surface area contributed by atoms with Crippen molar-refractivity contribution in [3.8, 4) is 0 Å². The molecule has 0 rings (SSSR count). The Morgan fingerprint density at radius 2 is 0.631 bits per heavy atom. The Bertz CT molecular complexity index is 1360. The van der Waals surface area contributed by atoms with Crippen molar-refractivity contribution in [3.63, 3.8) is 0 Å². The van der Waals surface area contributed by atoms with Gasteiger partial charge in [-0.05, 0) is 109 Å². The molecule has 0 aromatic rings. The summed E-state index contributed by atoms with van der Waals surface area (Å²) < 4.78 is 16.7. The van der Waals surface area contributed by atoms with Gasteiger partial charge in [0.25, 0.3) is 0 Å². The van der Waals surface area contributed by atoms with E-state index in [1.807, 2.05) is 12.2 Å². The van der Waals surface area contributed by atoms with Gasteiger partial charge in [0, 0.05) is 19.3 Å². The molecule has 0 N–H and O–H groups in total. The largest absolute Gasteiger partial charge is 0.462 e. The molecule has 0 aliphatic carbocycles. The van der Waals surface area contributed by atoms with Crippen LogP contribution in [0.15, 0.2) is 109 Å². The molecule has 0 fully saturated rings. The third-order valence-corrected chi connectivity index (χ3v) is 10.8. The van der Waals surface area contributed by atoms with Crippen molar-refractivity contribution in [2.75, 3.05) is 13.2 Å². The summed E-state index contributed by atoms with van der Waals surface area (Å²) in [6.07, 6.45) is 71.0. The van der Waals surface area contributed by atoms with E-state index >= 15 is 0 Å². The molecule has 65 heavy (non-hydrogen) atoms. The van der Waals surface area contributed by atoms with Crippen molar-refractivity contribution in [2.24, 2.45) is 0 Å². The van der Waals surface area contributed by atoms with Gasteiger partial charge in [-0.2, -0.15) is 0 Å². The predicted octanol–water partition coefficient (Wildman–Crippen LogP) is 17.5. The van der Waals surface area contributed by atoms with Gasteiger partial charge in [0.05, 0.1) is 0 Å². The van der Waals surface area contributed by atoms with Crippen LogP contribution in [-0.2, 0) is 28.6 Å². The van der Waals surface area contributed by atoms with E-state index < -0.39 is 12.1 Å². The van der Waals surface area contributed by atoms with Gasteiger partial charge < -0.3 is 14.2 Å². The molecule has 368 valence electrons. The van der Waals surface area contributed by atoms with Gasteiger partial charge in [0.2, 0.25) is 0 Å². The lowest BCUT2D eigenvalue weighted by atomic mass is 10.1. The number of ether oxygens (including phenoxy) is 3. The number of rotatable bonds is 46. The van der Waals surface area contributed by atoms with Crippen molar-refractivity contribution in [2.45, 2.75) is 232 Å². The van der Waals surface area contributed by atoms with Crippen LogP contribution in [0.25, 0.3) is 0 Å². The summed E-state index contributed by atoms with van der Waals surface area (Å²) >= 11 is 0. The molecule has 1 atom stereocenters. The number of unbranched alkanes of at least 4 members (excludes halogenated alkanes) is 17. The molecule has 0 spiro atoms. The van der Waals surface area contributed by atoms with E-state index in [1.54, 1.807) is 0 Å². The number of esters is 3. The second kappa shape index (κ2) is 52.7. The molecule has 6 heteroatoms. The molecule has 0 bridgehead atoms. The standard InChI is InChI=1S/C59H96O6/c1-4-7-10-13-16-19-22-25-27-29-30-31-33-34-37-40-43-46-49-52-58(61)64-55-56(54-63-57(60)51-48-45-42-39-36-24-21-18-15-12-9-6-3)65-59(62)53-50-47-44-41-38-35-32-28-26-23-20-17-14-11-8-5-2/h8-9,11-12,17-18,20-21,26,28-30,35-36,38-39,44,47,56H,4-7,10,13-16,19,22-25,27,31-34,37,40-43,45-46,48-55H2,1-3H3/b11-8-,12-9-,20-17-,21-18-,28-26-,30-29-,38-35-,39-36-,47-44-. The average molecular weight is 901 g/mol. The lowest BCUT2D eigenvalue weighted by molar-refractivity contribution is -0.166. The Balaban J connectivity index is 4.50. The normalized spacial score (nSPS) is 13.0. The third kappa shape index (κ3) is 50.9. The molecule has 0 saturated heterocycles. The number of hydrogen-bond donors (Lipinski definition) is 0. The summed E-state index contributed by atoms with van der Waals surface area (Å²) in [6, 6.07) is 0. The van der Waals surface area contributed by atoms with Crippen LogP contribution >= 0.6 is 0 Å². The van der Waals surface area contributed by atoms with Crippen LogP contribution < -0.4 is 0 Å². The van der Waals surface area contributed by atoms with Gasteiger partial charge >= 0.3 is 17.9 Å². The number of hydrogen-bond acceptors (Lipinski definition) is 6. The predicted molar refractivity (Wildman–Crippen MR) is 279 cm³/mol. The molecule has 0 saturated carbocycles. The van der Waals surface area contributed by atoms with Crippen LogP contribution in [-0.4, -0.2) is 37.2 Å². The maximum Gasteiger partial charge on any atom is 0.306 e. The smallest absolute Gasteiger partial charge is 0.306 e. The summed E-state index contributed by atoms with van der Waals surface area (Å²) in [4.78, 5) is 37.9. The Labute approximate surface area is 400 Å². The summed E-state index contributed by atoms with van der Waals surface area (Å²) in [5.74, 6) is -1.06. The van der Waals surface area contributed by atoms with Crippen molar-refractivity contribution in [3.05, 3.63) is 109 Å². The first-order chi connectivity index (χ1) is 32.0.